The SMILES string of the molecule is CCc1ccc(C/C=C2\CCOc3cc(OC)cc(OC)c3C2=O)cc1. The van der Waals surface area contributed by atoms with E-state index in [2.05, 4.69) is 31.2 Å². The lowest BCUT2D eigenvalue weighted by atomic mass is 9.98. The maximum atomic E-state index is 13.1. The second-order valence-electron chi connectivity index (χ2n) is 6.23. The van der Waals surface area contributed by atoms with Crippen molar-refractivity contribution in [3.05, 3.63) is 64.7 Å². The summed E-state index contributed by atoms with van der Waals surface area (Å²) in [6, 6.07) is 12.0. The quantitative estimate of drug-likeness (QED) is 0.748. The highest BCUT2D eigenvalue weighted by Crippen LogP contribution is 2.38. The van der Waals surface area contributed by atoms with E-state index in [1.54, 1.807) is 26.4 Å². The Balaban J connectivity index is 1.89. The molecule has 2 aromatic carbocycles. The summed E-state index contributed by atoms with van der Waals surface area (Å²) in [6.07, 6.45) is 4.33. The molecule has 4 nitrogen and oxygen atoms in total. The zero-order valence-corrected chi connectivity index (χ0v) is 15.5. The number of benzene rings is 2. The molecule has 3 rings (SSSR count). The first-order valence-electron chi connectivity index (χ1n) is 8.86. The van der Waals surface area contributed by atoms with E-state index in [9.17, 15) is 4.79 Å². The summed E-state index contributed by atoms with van der Waals surface area (Å²) in [5, 5.41) is 0. The molecular formula is C22H24O4. The van der Waals surface area contributed by atoms with Crippen LogP contribution in [-0.4, -0.2) is 26.6 Å². The van der Waals surface area contributed by atoms with Crippen LogP contribution in [0.25, 0.3) is 0 Å². The summed E-state index contributed by atoms with van der Waals surface area (Å²) in [6.45, 7) is 2.59. The van der Waals surface area contributed by atoms with Gasteiger partial charge in [0.15, 0.2) is 5.78 Å². The van der Waals surface area contributed by atoms with E-state index in [1.165, 1.54) is 11.1 Å². The minimum Gasteiger partial charge on any atom is -0.496 e. The van der Waals surface area contributed by atoms with E-state index in [0.29, 0.717) is 35.8 Å². The van der Waals surface area contributed by atoms with E-state index in [4.69, 9.17) is 14.2 Å². The van der Waals surface area contributed by atoms with E-state index < -0.39 is 0 Å². The molecule has 0 saturated heterocycles. The van der Waals surface area contributed by atoms with Gasteiger partial charge in [-0.05, 0) is 24.0 Å². The van der Waals surface area contributed by atoms with Crippen LogP contribution in [0.3, 0.4) is 0 Å². The number of methoxy groups -OCH3 is 2. The van der Waals surface area contributed by atoms with Gasteiger partial charge in [0.25, 0.3) is 0 Å². The third kappa shape index (κ3) is 3.74. The molecule has 136 valence electrons. The second-order valence-corrected chi connectivity index (χ2v) is 6.23. The molecule has 0 aromatic heterocycles. The molecule has 0 amide bonds. The number of carbonyl (C=O) groups is 1. The average molecular weight is 352 g/mol. The van der Waals surface area contributed by atoms with Gasteiger partial charge in [-0.15, -0.1) is 0 Å². The van der Waals surface area contributed by atoms with Gasteiger partial charge in [-0.2, -0.15) is 0 Å². The number of fused-ring (bicyclic) bond motifs is 1. The highest BCUT2D eigenvalue weighted by Gasteiger charge is 2.26. The van der Waals surface area contributed by atoms with Crippen LogP contribution in [0.4, 0.5) is 0 Å². The fourth-order valence-electron chi connectivity index (χ4n) is 3.07. The van der Waals surface area contributed by atoms with E-state index in [1.807, 2.05) is 6.08 Å². The minimum atomic E-state index is -0.0396. The molecule has 4 heteroatoms. The molecule has 0 saturated carbocycles. The average Bonchev–Trinajstić information content (AvgIpc) is 2.84. The molecule has 0 aliphatic carbocycles. The van der Waals surface area contributed by atoms with Gasteiger partial charge in [-0.1, -0.05) is 37.3 Å². The van der Waals surface area contributed by atoms with Gasteiger partial charge >= 0.3 is 0 Å². The lowest BCUT2D eigenvalue weighted by molar-refractivity contribution is 0.102. The molecule has 0 bridgehead atoms. The molecule has 0 N–H and O–H groups in total. The van der Waals surface area contributed by atoms with Gasteiger partial charge in [-0.3, -0.25) is 4.79 Å². The van der Waals surface area contributed by atoms with Crippen LogP contribution in [0.15, 0.2) is 48.0 Å². The van der Waals surface area contributed by atoms with E-state index in [0.717, 1.165) is 18.4 Å². The van der Waals surface area contributed by atoms with Gasteiger partial charge in [0.05, 0.1) is 20.8 Å². The first kappa shape index (κ1) is 18.1. The smallest absolute Gasteiger partial charge is 0.196 e. The maximum Gasteiger partial charge on any atom is 0.196 e. The largest absolute Gasteiger partial charge is 0.496 e. The Hall–Kier alpha value is -2.75. The van der Waals surface area contributed by atoms with Crippen LogP contribution in [0.5, 0.6) is 17.2 Å². The van der Waals surface area contributed by atoms with Crippen LogP contribution in [0.1, 0.15) is 34.8 Å². The summed E-state index contributed by atoms with van der Waals surface area (Å²) in [5.74, 6) is 1.56. The second kappa shape index (κ2) is 8.09. The molecular weight excluding hydrogens is 328 g/mol. The van der Waals surface area contributed by atoms with Crippen molar-refractivity contribution in [3.8, 4) is 17.2 Å². The van der Waals surface area contributed by atoms with Crippen molar-refractivity contribution in [1.29, 1.82) is 0 Å². The molecule has 0 atom stereocenters. The molecule has 1 aliphatic rings. The van der Waals surface area contributed by atoms with Crippen molar-refractivity contribution in [2.75, 3.05) is 20.8 Å². The first-order valence-corrected chi connectivity index (χ1v) is 8.86. The van der Waals surface area contributed by atoms with Gasteiger partial charge in [0, 0.05) is 24.1 Å². The van der Waals surface area contributed by atoms with Crippen LogP contribution in [0.2, 0.25) is 0 Å². The number of aryl methyl sites for hydroxylation is 1. The Bertz CT molecular complexity index is 819. The van der Waals surface area contributed by atoms with Crippen LogP contribution < -0.4 is 14.2 Å². The van der Waals surface area contributed by atoms with Crippen LogP contribution in [0, 0.1) is 0 Å². The van der Waals surface area contributed by atoms with Crippen molar-refractivity contribution in [2.45, 2.75) is 26.2 Å². The molecule has 2 aromatic rings. The van der Waals surface area contributed by atoms with E-state index in [-0.39, 0.29) is 5.78 Å². The Morgan fingerprint density at radius 3 is 2.46 bits per heavy atom. The number of carbonyl (C=O) groups excluding carboxylic acids is 1. The molecule has 0 fully saturated rings. The predicted molar refractivity (Wildman–Crippen MR) is 102 cm³/mol. The van der Waals surface area contributed by atoms with Crippen molar-refractivity contribution in [3.63, 3.8) is 0 Å². The monoisotopic (exact) mass is 352 g/mol. The number of allylic oxidation sites excluding steroid dienone is 1. The van der Waals surface area contributed by atoms with Crippen molar-refractivity contribution < 1.29 is 19.0 Å². The predicted octanol–water partition coefficient (Wildman–Crippen LogP) is 4.40. The third-order valence-corrected chi connectivity index (χ3v) is 4.66. The number of hydrogen-bond donors (Lipinski definition) is 0. The fraction of sp³-hybridized carbons (Fsp3) is 0.318. The Kier molecular flexibility index (Phi) is 5.61. The number of hydrogen-bond acceptors (Lipinski definition) is 4. The lowest BCUT2D eigenvalue weighted by Crippen LogP contribution is -2.05. The van der Waals surface area contributed by atoms with Gasteiger partial charge in [0.1, 0.15) is 22.8 Å². The van der Waals surface area contributed by atoms with Crippen molar-refractivity contribution in [2.24, 2.45) is 0 Å². The molecule has 0 unspecified atom stereocenters. The van der Waals surface area contributed by atoms with Crippen molar-refractivity contribution >= 4 is 5.78 Å². The topological polar surface area (TPSA) is 44.8 Å². The summed E-state index contributed by atoms with van der Waals surface area (Å²) in [4.78, 5) is 13.1. The Morgan fingerprint density at radius 2 is 1.81 bits per heavy atom. The van der Waals surface area contributed by atoms with Gasteiger partial charge in [0.2, 0.25) is 0 Å². The number of ketones is 1. The highest BCUT2D eigenvalue weighted by molar-refractivity contribution is 6.12. The summed E-state index contributed by atoms with van der Waals surface area (Å²) in [5.41, 5.74) is 3.73. The number of ether oxygens (including phenoxy) is 3. The van der Waals surface area contributed by atoms with Crippen LogP contribution in [-0.2, 0) is 12.8 Å². The Morgan fingerprint density at radius 1 is 1.08 bits per heavy atom. The maximum absolute atomic E-state index is 13.1. The van der Waals surface area contributed by atoms with Crippen molar-refractivity contribution in [1.82, 2.24) is 0 Å². The zero-order valence-electron chi connectivity index (χ0n) is 15.5. The molecule has 26 heavy (non-hydrogen) atoms. The first-order chi connectivity index (χ1) is 12.7. The number of rotatable bonds is 5. The zero-order chi connectivity index (χ0) is 18.5. The van der Waals surface area contributed by atoms with Gasteiger partial charge < -0.3 is 14.2 Å². The molecule has 0 radical (unpaired) electrons. The summed E-state index contributed by atoms with van der Waals surface area (Å²) >= 11 is 0. The minimum absolute atomic E-state index is 0.0396. The lowest BCUT2D eigenvalue weighted by Gasteiger charge is -2.12. The van der Waals surface area contributed by atoms with E-state index >= 15 is 0 Å². The Labute approximate surface area is 154 Å². The number of Topliss-reactive ketones (excluding diaryl/α,β-unsaturated/α-hetero) is 1. The van der Waals surface area contributed by atoms with Gasteiger partial charge in [-0.25, -0.2) is 0 Å². The molecule has 1 aliphatic heterocycles. The third-order valence-electron chi connectivity index (χ3n) is 4.66. The summed E-state index contributed by atoms with van der Waals surface area (Å²) in [7, 11) is 3.13. The highest BCUT2D eigenvalue weighted by atomic mass is 16.5. The molecule has 1 heterocycles. The molecule has 0 spiro atoms. The fourth-order valence-corrected chi connectivity index (χ4v) is 3.07. The normalized spacial score (nSPS) is 15.2. The summed E-state index contributed by atoms with van der Waals surface area (Å²) < 4.78 is 16.5. The van der Waals surface area contributed by atoms with Crippen LogP contribution >= 0.6 is 0 Å². The standard InChI is InChI=1S/C22H24O4/c1-4-15-5-7-16(8-6-15)9-10-17-11-12-26-20-14-18(24-2)13-19(25-3)21(20)22(17)23/h5-8,10,13-14H,4,9,11-12H2,1-3H3/b17-10+.